The Hall–Kier alpha value is -4.59. The van der Waals surface area contributed by atoms with Crippen molar-refractivity contribution in [2.45, 2.75) is 0 Å². The topological polar surface area (TPSA) is 107 Å². The summed E-state index contributed by atoms with van der Waals surface area (Å²) >= 11 is 0. The molecule has 0 saturated carbocycles. The molecule has 4 aromatic carbocycles. The van der Waals surface area contributed by atoms with Crippen molar-refractivity contribution in [2.75, 3.05) is 0 Å². The third-order valence-electron chi connectivity index (χ3n) is 5.19. The number of carbonyl (C=O) groups excluding carboxylic acids is 3. The number of hydrogen-bond donors (Lipinski definition) is 0. The maximum absolute atomic E-state index is 13.3. The third kappa shape index (κ3) is 2.81. The van der Waals surface area contributed by atoms with Crippen molar-refractivity contribution in [2.24, 2.45) is 0 Å². The fourth-order valence-corrected chi connectivity index (χ4v) is 3.76. The highest BCUT2D eigenvalue weighted by Gasteiger charge is 2.37. The van der Waals surface area contributed by atoms with Gasteiger partial charge >= 0.3 is 5.97 Å². The minimum absolute atomic E-state index is 0.0341. The molecule has 0 radical (unpaired) electrons. The Labute approximate surface area is 174 Å². The number of amides is 2. The summed E-state index contributed by atoms with van der Waals surface area (Å²) in [7, 11) is 0. The van der Waals surface area contributed by atoms with E-state index in [1.165, 1.54) is 12.1 Å². The number of nitrogens with zero attached hydrogens (tertiary/aromatic N) is 2. The highest BCUT2D eigenvalue weighted by molar-refractivity contribution is 6.30. The zero-order valence-corrected chi connectivity index (χ0v) is 15.8. The zero-order valence-electron chi connectivity index (χ0n) is 15.8. The van der Waals surface area contributed by atoms with Crippen LogP contribution in [0.5, 0.6) is 0 Å². The molecule has 0 saturated heterocycles. The normalized spacial score (nSPS) is 13.0. The van der Waals surface area contributed by atoms with E-state index >= 15 is 0 Å². The van der Waals surface area contributed by atoms with Gasteiger partial charge in [0, 0.05) is 17.5 Å². The van der Waals surface area contributed by atoms with Gasteiger partial charge in [0.25, 0.3) is 17.5 Å². The van der Waals surface area contributed by atoms with Crippen molar-refractivity contribution >= 4 is 45.0 Å². The van der Waals surface area contributed by atoms with E-state index in [4.69, 9.17) is 4.84 Å². The Morgan fingerprint density at radius 1 is 0.871 bits per heavy atom. The largest absolute Gasteiger partial charge is 0.363 e. The summed E-state index contributed by atoms with van der Waals surface area (Å²) in [6, 6.07) is 18.9. The first kappa shape index (κ1) is 18.4. The van der Waals surface area contributed by atoms with Gasteiger partial charge in [-0.05, 0) is 40.4 Å². The molecule has 1 aliphatic heterocycles. The summed E-state index contributed by atoms with van der Waals surface area (Å²) in [6.07, 6.45) is 0. The number of hydrogen-bond acceptors (Lipinski definition) is 6. The number of nitro groups is 1. The average Bonchev–Trinajstić information content (AvgIpc) is 2.79. The molecule has 4 aromatic rings. The number of nitro benzene ring substituents is 1. The molecular formula is C23H12N2O6. The number of hydroxylamine groups is 2. The van der Waals surface area contributed by atoms with Crippen LogP contribution in [0.1, 0.15) is 31.1 Å². The molecule has 0 aliphatic carbocycles. The molecule has 8 heteroatoms. The van der Waals surface area contributed by atoms with Crippen LogP contribution < -0.4 is 0 Å². The minimum Gasteiger partial charge on any atom is -0.324 e. The van der Waals surface area contributed by atoms with Crippen molar-refractivity contribution in [3.05, 3.63) is 99.6 Å². The van der Waals surface area contributed by atoms with Crippen LogP contribution in [-0.4, -0.2) is 27.8 Å². The molecule has 31 heavy (non-hydrogen) atoms. The van der Waals surface area contributed by atoms with E-state index in [0.717, 1.165) is 22.9 Å². The van der Waals surface area contributed by atoms with Crippen LogP contribution >= 0.6 is 0 Å². The summed E-state index contributed by atoms with van der Waals surface area (Å²) in [6.45, 7) is 0. The van der Waals surface area contributed by atoms with E-state index in [1.54, 1.807) is 24.3 Å². The monoisotopic (exact) mass is 412 g/mol. The van der Waals surface area contributed by atoms with E-state index < -0.39 is 22.7 Å². The van der Waals surface area contributed by atoms with E-state index in [-0.39, 0.29) is 22.4 Å². The van der Waals surface area contributed by atoms with Gasteiger partial charge in [-0.1, -0.05) is 41.5 Å². The standard InChI is InChI=1S/C23H12N2O6/c26-21-18-7-3-5-15-12-14-4-1-2-6-17(14)20(19(15)18)22(27)24(21)31-23(28)13-8-10-16(11-9-13)25(29)30/h1-12H. The van der Waals surface area contributed by atoms with Crippen LogP contribution in [0.3, 0.4) is 0 Å². The average molecular weight is 412 g/mol. The maximum atomic E-state index is 13.3. The van der Waals surface area contributed by atoms with Crippen LogP contribution in [0.2, 0.25) is 0 Å². The van der Waals surface area contributed by atoms with Gasteiger partial charge in [0.05, 0.1) is 21.6 Å². The molecular weight excluding hydrogens is 400 g/mol. The molecule has 0 atom stereocenters. The number of rotatable bonds is 3. The Morgan fingerprint density at radius 3 is 2.32 bits per heavy atom. The number of carbonyl (C=O) groups is 3. The summed E-state index contributed by atoms with van der Waals surface area (Å²) < 4.78 is 0. The lowest BCUT2D eigenvalue weighted by molar-refractivity contribution is -0.384. The van der Waals surface area contributed by atoms with Gasteiger partial charge in [-0.25, -0.2) is 4.79 Å². The fourth-order valence-electron chi connectivity index (χ4n) is 3.76. The van der Waals surface area contributed by atoms with Gasteiger partial charge in [-0.2, -0.15) is 0 Å². The molecule has 0 unspecified atom stereocenters. The Bertz CT molecular complexity index is 1440. The SMILES string of the molecule is O=C(ON1C(=O)c2cccc3cc4ccccc4c(c23)C1=O)c1ccc([N+](=O)[O-])cc1. The Balaban J connectivity index is 1.59. The predicted molar refractivity (Wildman–Crippen MR) is 110 cm³/mol. The fraction of sp³-hybridized carbons (Fsp3) is 0. The van der Waals surface area contributed by atoms with E-state index in [0.29, 0.717) is 15.8 Å². The summed E-state index contributed by atoms with van der Waals surface area (Å²) in [5.41, 5.74) is 0.288. The molecule has 0 N–H and O–H groups in total. The molecule has 5 rings (SSSR count). The van der Waals surface area contributed by atoms with Crippen molar-refractivity contribution in [1.82, 2.24) is 5.06 Å². The molecule has 1 heterocycles. The van der Waals surface area contributed by atoms with Crippen molar-refractivity contribution in [1.29, 1.82) is 0 Å². The summed E-state index contributed by atoms with van der Waals surface area (Å²) in [5.74, 6) is -2.48. The van der Waals surface area contributed by atoms with Crippen molar-refractivity contribution in [3.8, 4) is 0 Å². The lowest BCUT2D eigenvalue weighted by Gasteiger charge is -2.26. The second kappa shape index (κ2) is 6.74. The highest BCUT2D eigenvalue weighted by atomic mass is 16.7. The third-order valence-corrected chi connectivity index (χ3v) is 5.19. The summed E-state index contributed by atoms with van der Waals surface area (Å²) in [4.78, 5) is 54.2. The summed E-state index contributed by atoms with van der Waals surface area (Å²) in [5, 5.41) is 13.9. The Kier molecular flexibility index (Phi) is 4.01. The lowest BCUT2D eigenvalue weighted by Crippen LogP contribution is -2.41. The van der Waals surface area contributed by atoms with Crippen LogP contribution in [0.4, 0.5) is 5.69 Å². The first-order chi connectivity index (χ1) is 15.0. The maximum Gasteiger partial charge on any atom is 0.363 e. The lowest BCUT2D eigenvalue weighted by atomic mass is 9.90. The second-order valence-electron chi connectivity index (χ2n) is 6.96. The van der Waals surface area contributed by atoms with Crippen molar-refractivity contribution < 1.29 is 24.1 Å². The Morgan fingerprint density at radius 2 is 1.58 bits per heavy atom. The molecule has 0 fully saturated rings. The van der Waals surface area contributed by atoms with Crippen LogP contribution in [-0.2, 0) is 4.84 Å². The molecule has 2 amide bonds. The molecule has 150 valence electrons. The zero-order chi connectivity index (χ0) is 21.7. The number of non-ortho nitro benzene ring substituents is 1. The van der Waals surface area contributed by atoms with Crippen LogP contribution in [0, 0.1) is 10.1 Å². The number of fused-ring (bicyclic) bond motifs is 2. The van der Waals surface area contributed by atoms with E-state index in [2.05, 4.69) is 0 Å². The van der Waals surface area contributed by atoms with Gasteiger partial charge < -0.3 is 4.84 Å². The van der Waals surface area contributed by atoms with Crippen LogP contribution in [0.25, 0.3) is 21.5 Å². The van der Waals surface area contributed by atoms with E-state index in [1.807, 2.05) is 24.3 Å². The first-order valence-electron chi connectivity index (χ1n) is 9.26. The molecule has 1 aliphatic rings. The molecule has 0 bridgehead atoms. The second-order valence-corrected chi connectivity index (χ2v) is 6.96. The quantitative estimate of drug-likeness (QED) is 0.215. The number of benzene rings is 4. The first-order valence-corrected chi connectivity index (χ1v) is 9.26. The predicted octanol–water partition coefficient (Wildman–Crippen LogP) is 4.27. The van der Waals surface area contributed by atoms with Crippen LogP contribution in [0.15, 0.2) is 72.8 Å². The smallest absolute Gasteiger partial charge is 0.324 e. The minimum atomic E-state index is -0.979. The molecule has 0 aromatic heterocycles. The van der Waals surface area contributed by atoms with Gasteiger partial charge in [0.15, 0.2) is 0 Å². The van der Waals surface area contributed by atoms with Gasteiger partial charge in [-0.3, -0.25) is 19.7 Å². The van der Waals surface area contributed by atoms with E-state index in [9.17, 15) is 24.5 Å². The van der Waals surface area contributed by atoms with Gasteiger partial charge in [0.1, 0.15) is 0 Å². The number of imide groups is 1. The van der Waals surface area contributed by atoms with Gasteiger partial charge in [-0.15, -0.1) is 0 Å². The highest BCUT2D eigenvalue weighted by Crippen LogP contribution is 2.36. The van der Waals surface area contributed by atoms with Gasteiger partial charge in [0.2, 0.25) is 0 Å². The molecule has 0 spiro atoms. The molecule has 8 nitrogen and oxygen atoms in total. The van der Waals surface area contributed by atoms with Crippen molar-refractivity contribution in [3.63, 3.8) is 0 Å².